The van der Waals surface area contributed by atoms with E-state index in [0.717, 1.165) is 16.7 Å². The van der Waals surface area contributed by atoms with Gasteiger partial charge in [0.05, 0.1) is 11.7 Å². The van der Waals surface area contributed by atoms with Crippen LogP contribution >= 0.6 is 11.3 Å². The Hall–Kier alpha value is -3.26. The van der Waals surface area contributed by atoms with Crippen LogP contribution in [0, 0.1) is 6.92 Å². The molecular formula is C20H19N5O2S. The topological polar surface area (TPSA) is 81.8 Å². The lowest BCUT2D eigenvalue weighted by Crippen LogP contribution is -2.23. The van der Waals surface area contributed by atoms with E-state index in [1.165, 1.54) is 22.2 Å². The first-order valence-electron chi connectivity index (χ1n) is 8.84. The van der Waals surface area contributed by atoms with E-state index in [1.54, 1.807) is 24.0 Å². The average molecular weight is 393 g/mol. The van der Waals surface area contributed by atoms with Crippen molar-refractivity contribution in [2.75, 3.05) is 5.32 Å². The molecule has 0 unspecified atom stereocenters. The second kappa shape index (κ2) is 7.40. The summed E-state index contributed by atoms with van der Waals surface area (Å²) in [5.74, 6) is 0.294. The molecule has 1 aromatic carbocycles. The zero-order valence-corrected chi connectivity index (χ0v) is 16.4. The lowest BCUT2D eigenvalue weighted by molar-refractivity contribution is -0.116. The number of benzene rings is 1. The highest BCUT2D eigenvalue weighted by Gasteiger charge is 2.14. The summed E-state index contributed by atoms with van der Waals surface area (Å²) in [6.45, 7) is 2.28. The molecule has 0 aliphatic rings. The molecule has 0 saturated carbocycles. The maximum atomic E-state index is 13.0. The van der Waals surface area contributed by atoms with Crippen molar-refractivity contribution < 1.29 is 4.79 Å². The molecule has 0 fully saturated rings. The second-order valence-corrected chi connectivity index (χ2v) is 7.47. The Morgan fingerprint density at radius 3 is 2.71 bits per heavy atom. The number of hydrogen-bond acceptors (Lipinski definition) is 5. The molecule has 3 heterocycles. The predicted octanol–water partition coefficient (Wildman–Crippen LogP) is 3.20. The third-order valence-corrected chi connectivity index (χ3v) is 5.37. The van der Waals surface area contributed by atoms with Gasteiger partial charge in [0.2, 0.25) is 5.91 Å². The molecule has 8 heteroatoms. The molecule has 0 atom stereocenters. The average Bonchev–Trinajstić information content (AvgIpc) is 3.28. The number of thiophene rings is 1. The van der Waals surface area contributed by atoms with Gasteiger partial charge in [0.15, 0.2) is 5.82 Å². The third kappa shape index (κ3) is 3.59. The summed E-state index contributed by atoms with van der Waals surface area (Å²) in [5, 5.41) is 9.40. The van der Waals surface area contributed by atoms with Crippen molar-refractivity contribution in [3.05, 3.63) is 64.2 Å². The van der Waals surface area contributed by atoms with E-state index < -0.39 is 0 Å². The number of carbonyl (C=O) groups is 1. The lowest BCUT2D eigenvalue weighted by atomic mass is 10.1. The third-order valence-electron chi connectivity index (χ3n) is 4.48. The number of aromatic nitrogens is 4. The minimum absolute atomic E-state index is 0.132. The van der Waals surface area contributed by atoms with Gasteiger partial charge in [-0.05, 0) is 12.5 Å². The smallest absolute Gasteiger partial charge is 0.262 e. The summed E-state index contributed by atoms with van der Waals surface area (Å²) in [5.41, 5.74) is 2.90. The van der Waals surface area contributed by atoms with E-state index in [2.05, 4.69) is 15.4 Å². The molecule has 0 aliphatic heterocycles. The zero-order chi connectivity index (χ0) is 19.7. The molecule has 1 amide bonds. The fourth-order valence-electron chi connectivity index (χ4n) is 2.98. The van der Waals surface area contributed by atoms with Gasteiger partial charge in [-0.1, -0.05) is 29.8 Å². The van der Waals surface area contributed by atoms with E-state index in [-0.39, 0.29) is 24.4 Å². The number of nitrogens with zero attached hydrogens (tertiary/aromatic N) is 4. The summed E-state index contributed by atoms with van der Waals surface area (Å²) in [7, 11) is 1.78. The molecule has 0 aliphatic carbocycles. The standard InChI is InChI=1S/C20H19N5O2S/c1-13-3-5-14(6-4-13)15-11-28-19-18(15)20(27)25(12-21-19)10-8-17(26)22-16-7-9-24(2)23-16/h3-7,9,11-12H,8,10H2,1-2H3,(H,22,23,26). The maximum absolute atomic E-state index is 13.0. The Bertz CT molecular complexity index is 1200. The lowest BCUT2D eigenvalue weighted by Gasteiger charge is -2.06. The van der Waals surface area contributed by atoms with Gasteiger partial charge in [-0.3, -0.25) is 18.8 Å². The predicted molar refractivity (Wildman–Crippen MR) is 111 cm³/mol. The molecule has 28 heavy (non-hydrogen) atoms. The highest BCUT2D eigenvalue weighted by atomic mass is 32.1. The Morgan fingerprint density at radius 2 is 2.00 bits per heavy atom. The Kier molecular flexibility index (Phi) is 4.79. The number of nitrogens with one attached hydrogen (secondary N) is 1. The second-order valence-electron chi connectivity index (χ2n) is 6.61. The molecule has 4 rings (SSSR count). The number of rotatable bonds is 5. The molecule has 142 valence electrons. The minimum atomic E-state index is -0.199. The van der Waals surface area contributed by atoms with E-state index in [4.69, 9.17) is 0 Å². The Balaban J connectivity index is 1.57. The van der Waals surface area contributed by atoms with Crippen molar-refractivity contribution in [2.24, 2.45) is 7.05 Å². The van der Waals surface area contributed by atoms with Crippen LogP contribution in [0.15, 0.2) is 53.0 Å². The fraction of sp³-hybridized carbons (Fsp3) is 0.200. The quantitative estimate of drug-likeness (QED) is 0.565. The molecule has 7 nitrogen and oxygen atoms in total. The van der Waals surface area contributed by atoms with E-state index in [1.807, 2.05) is 36.6 Å². The summed E-state index contributed by atoms with van der Waals surface area (Å²) in [6, 6.07) is 9.78. The van der Waals surface area contributed by atoms with Crippen molar-refractivity contribution >= 4 is 33.3 Å². The van der Waals surface area contributed by atoms with Gasteiger partial charge >= 0.3 is 0 Å². The molecule has 1 N–H and O–H groups in total. The minimum Gasteiger partial charge on any atom is -0.309 e. The van der Waals surface area contributed by atoms with Gasteiger partial charge in [-0.25, -0.2) is 4.98 Å². The van der Waals surface area contributed by atoms with Gasteiger partial charge in [0.1, 0.15) is 4.83 Å². The van der Waals surface area contributed by atoms with Crippen LogP contribution in [0.2, 0.25) is 0 Å². The van der Waals surface area contributed by atoms with Crippen LogP contribution in [0.5, 0.6) is 0 Å². The highest BCUT2D eigenvalue weighted by Crippen LogP contribution is 2.30. The number of aryl methyl sites for hydroxylation is 3. The van der Waals surface area contributed by atoms with Crippen LogP contribution in [0.1, 0.15) is 12.0 Å². The summed E-state index contributed by atoms with van der Waals surface area (Å²) < 4.78 is 3.10. The van der Waals surface area contributed by atoms with Crippen LogP contribution < -0.4 is 10.9 Å². The van der Waals surface area contributed by atoms with Gasteiger partial charge in [0, 0.05) is 43.2 Å². The van der Waals surface area contributed by atoms with Crippen LogP contribution in [-0.2, 0) is 18.4 Å². The molecule has 0 bridgehead atoms. The van der Waals surface area contributed by atoms with Gasteiger partial charge in [-0.2, -0.15) is 5.10 Å². The maximum Gasteiger partial charge on any atom is 0.262 e. The first kappa shape index (κ1) is 18.1. The fourth-order valence-corrected chi connectivity index (χ4v) is 3.89. The number of hydrogen-bond donors (Lipinski definition) is 1. The number of anilines is 1. The Morgan fingerprint density at radius 1 is 1.21 bits per heavy atom. The molecule has 0 radical (unpaired) electrons. The zero-order valence-electron chi connectivity index (χ0n) is 15.5. The van der Waals surface area contributed by atoms with Crippen molar-refractivity contribution in [1.82, 2.24) is 19.3 Å². The van der Waals surface area contributed by atoms with Gasteiger partial charge < -0.3 is 5.32 Å². The molecular weight excluding hydrogens is 374 g/mol. The van der Waals surface area contributed by atoms with Crippen LogP contribution in [0.3, 0.4) is 0 Å². The summed E-state index contributed by atoms with van der Waals surface area (Å²) in [6.07, 6.45) is 3.42. The van der Waals surface area contributed by atoms with Crippen LogP contribution in [0.4, 0.5) is 5.82 Å². The Labute approximate surface area is 165 Å². The normalized spacial score (nSPS) is 11.1. The number of carbonyl (C=O) groups excluding carboxylic acids is 1. The van der Waals surface area contributed by atoms with Crippen LogP contribution in [-0.4, -0.2) is 25.2 Å². The van der Waals surface area contributed by atoms with Crippen LogP contribution in [0.25, 0.3) is 21.3 Å². The molecule has 3 aromatic heterocycles. The van der Waals surface area contributed by atoms with Gasteiger partial charge in [-0.15, -0.1) is 11.3 Å². The largest absolute Gasteiger partial charge is 0.309 e. The van der Waals surface area contributed by atoms with Crippen molar-refractivity contribution in [1.29, 1.82) is 0 Å². The molecule has 0 saturated heterocycles. The molecule has 4 aromatic rings. The van der Waals surface area contributed by atoms with E-state index in [0.29, 0.717) is 16.0 Å². The van der Waals surface area contributed by atoms with E-state index in [9.17, 15) is 9.59 Å². The van der Waals surface area contributed by atoms with Gasteiger partial charge in [0.25, 0.3) is 5.56 Å². The SMILES string of the molecule is Cc1ccc(-c2csc3ncn(CCC(=O)Nc4ccn(C)n4)c(=O)c23)cc1. The van der Waals surface area contributed by atoms with Crippen molar-refractivity contribution in [2.45, 2.75) is 19.9 Å². The first-order chi connectivity index (χ1) is 13.5. The number of fused-ring (bicyclic) bond motifs is 1. The first-order valence-corrected chi connectivity index (χ1v) is 9.72. The van der Waals surface area contributed by atoms with E-state index >= 15 is 0 Å². The summed E-state index contributed by atoms with van der Waals surface area (Å²) >= 11 is 1.45. The van der Waals surface area contributed by atoms with Crippen molar-refractivity contribution in [3.63, 3.8) is 0 Å². The highest BCUT2D eigenvalue weighted by molar-refractivity contribution is 7.17. The van der Waals surface area contributed by atoms with Crippen molar-refractivity contribution in [3.8, 4) is 11.1 Å². The molecule has 0 spiro atoms. The summed E-state index contributed by atoms with van der Waals surface area (Å²) in [4.78, 5) is 30.3. The number of amides is 1. The monoisotopic (exact) mass is 393 g/mol.